The van der Waals surface area contributed by atoms with E-state index in [9.17, 15) is 0 Å². The highest BCUT2D eigenvalue weighted by atomic mass is 29.5. The molecule has 0 bridgehead atoms. The highest BCUT2D eigenvalue weighted by Crippen LogP contribution is 2.14. The summed E-state index contributed by atoms with van der Waals surface area (Å²) >= 11 is 0. The summed E-state index contributed by atoms with van der Waals surface area (Å²) in [7, 11) is 2.00. The van der Waals surface area contributed by atoms with E-state index in [-0.39, 0.29) is 8.31 Å². The van der Waals surface area contributed by atoms with Gasteiger partial charge in [-0.1, -0.05) is 103 Å². The smallest absolute Gasteiger partial charge is 0.0207 e. The van der Waals surface area contributed by atoms with Crippen LogP contribution in [0.1, 0.15) is 90.9 Å². The number of hydrogen-bond donors (Lipinski definition) is 0. The third kappa shape index (κ3) is 14.9. The van der Waals surface area contributed by atoms with Crippen LogP contribution in [-0.4, -0.2) is 26.6 Å². The Morgan fingerprint density at radius 2 is 1.00 bits per heavy atom. The quantitative estimate of drug-likeness (QED) is 0.318. The van der Waals surface area contributed by atoms with E-state index in [1.165, 1.54) is 51.4 Å². The molecule has 0 aliphatic heterocycles. The summed E-state index contributed by atoms with van der Waals surface area (Å²) in [5, 5.41) is 0. The normalized spacial score (nSPS) is 12.2. The molecule has 0 fully saturated rings. The summed E-state index contributed by atoms with van der Waals surface area (Å²) < 4.78 is 0. The van der Waals surface area contributed by atoms with Gasteiger partial charge in [-0.25, -0.2) is 0 Å². The molecule has 0 aromatic carbocycles. The standard InChI is InChI=1S/C16H40Si3/c1-3-5-7-9-11-13-15-19(18-17)16-14-12-10-8-6-4-2/h19H,3-16,18H2,1-2,17H3. The lowest BCUT2D eigenvalue weighted by Crippen LogP contribution is -2.22. The Morgan fingerprint density at radius 1 is 0.632 bits per heavy atom. The molecule has 19 heavy (non-hydrogen) atoms. The van der Waals surface area contributed by atoms with Crippen molar-refractivity contribution in [2.75, 3.05) is 0 Å². The van der Waals surface area contributed by atoms with E-state index < -0.39 is 0 Å². The minimum absolute atomic E-state index is 0.130. The molecule has 0 unspecified atom stereocenters. The summed E-state index contributed by atoms with van der Waals surface area (Å²) in [5.41, 5.74) is 0. The molecule has 0 amide bonds. The van der Waals surface area contributed by atoms with Gasteiger partial charge < -0.3 is 0 Å². The van der Waals surface area contributed by atoms with Crippen molar-refractivity contribution in [2.24, 2.45) is 0 Å². The molecule has 3 heteroatoms. The van der Waals surface area contributed by atoms with Crippen LogP contribution in [0.3, 0.4) is 0 Å². The van der Waals surface area contributed by atoms with Crippen LogP contribution in [0.2, 0.25) is 12.1 Å². The van der Waals surface area contributed by atoms with Crippen LogP contribution in [0.25, 0.3) is 0 Å². The second kappa shape index (κ2) is 16.7. The van der Waals surface area contributed by atoms with Crippen LogP contribution < -0.4 is 0 Å². The van der Waals surface area contributed by atoms with Gasteiger partial charge in [0.2, 0.25) is 0 Å². The molecule has 0 spiro atoms. The monoisotopic (exact) mass is 316 g/mol. The Labute approximate surface area is 130 Å². The van der Waals surface area contributed by atoms with Gasteiger partial charge in [-0.05, 0) is 18.3 Å². The van der Waals surface area contributed by atoms with E-state index >= 15 is 0 Å². The van der Waals surface area contributed by atoms with Gasteiger partial charge in [0.05, 0.1) is 0 Å². The van der Waals surface area contributed by atoms with E-state index in [1.54, 1.807) is 47.5 Å². The van der Waals surface area contributed by atoms with E-state index in [0.717, 1.165) is 0 Å². The Bertz CT molecular complexity index is 146. The number of hydrogen-bond acceptors (Lipinski definition) is 0. The molecule has 0 nitrogen and oxygen atoms in total. The molecule has 0 heterocycles. The summed E-state index contributed by atoms with van der Waals surface area (Å²) in [5.74, 6) is 0. The van der Waals surface area contributed by atoms with E-state index in [4.69, 9.17) is 0 Å². The average Bonchev–Trinajstić information content (AvgIpc) is 2.44. The topological polar surface area (TPSA) is 0 Å². The zero-order valence-electron chi connectivity index (χ0n) is 14.2. The molecule has 0 aromatic rings. The lowest BCUT2D eigenvalue weighted by Gasteiger charge is -2.12. The molecular weight excluding hydrogens is 276 g/mol. The van der Waals surface area contributed by atoms with Crippen molar-refractivity contribution in [3.63, 3.8) is 0 Å². The predicted molar refractivity (Wildman–Crippen MR) is 102 cm³/mol. The van der Waals surface area contributed by atoms with Gasteiger partial charge in [0.25, 0.3) is 0 Å². The SMILES string of the molecule is CCCCCCCC[SiH](CCCCCCCC)[SiH2][SiH3]. The van der Waals surface area contributed by atoms with Gasteiger partial charge in [0.15, 0.2) is 0 Å². The van der Waals surface area contributed by atoms with Crippen LogP contribution in [0.15, 0.2) is 0 Å². The summed E-state index contributed by atoms with van der Waals surface area (Å²) in [4.78, 5) is 0. The van der Waals surface area contributed by atoms with Crippen molar-refractivity contribution in [3.05, 3.63) is 0 Å². The van der Waals surface area contributed by atoms with Gasteiger partial charge in [-0.2, -0.15) is 0 Å². The summed E-state index contributed by atoms with van der Waals surface area (Å²) in [6.07, 6.45) is 18.1. The second-order valence-electron chi connectivity index (χ2n) is 6.39. The van der Waals surface area contributed by atoms with E-state index in [0.29, 0.717) is 8.55 Å². The molecule has 0 aliphatic rings. The minimum atomic E-state index is -0.130. The highest BCUT2D eigenvalue weighted by molar-refractivity contribution is 7.31. The summed E-state index contributed by atoms with van der Waals surface area (Å²) in [6, 6.07) is 3.47. The molecular formula is C16H40Si3. The zero-order chi connectivity index (χ0) is 14.2. The van der Waals surface area contributed by atoms with Crippen molar-refractivity contribution in [2.45, 2.75) is 103 Å². The Morgan fingerprint density at radius 3 is 1.37 bits per heavy atom. The van der Waals surface area contributed by atoms with Gasteiger partial charge in [-0.15, -0.1) is 0 Å². The number of unbranched alkanes of at least 4 members (excludes halogenated alkanes) is 10. The van der Waals surface area contributed by atoms with Crippen LogP contribution >= 0.6 is 0 Å². The molecule has 0 atom stereocenters. The highest BCUT2D eigenvalue weighted by Gasteiger charge is 2.07. The van der Waals surface area contributed by atoms with E-state index in [1.807, 2.05) is 0 Å². The van der Waals surface area contributed by atoms with Gasteiger partial charge in [0, 0.05) is 8.31 Å². The molecule has 0 aromatic heterocycles. The molecule has 0 saturated heterocycles. The Hall–Kier alpha value is 0.651. The third-order valence-corrected chi connectivity index (χ3v) is 24.4. The van der Waals surface area contributed by atoms with Crippen molar-refractivity contribution in [3.8, 4) is 0 Å². The Balaban J connectivity index is 3.30. The van der Waals surface area contributed by atoms with Crippen LogP contribution in [0.4, 0.5) is 0 Å². The van der Waals surface area contributed by atoms with Crippen LogP contribution in [-0.2, 0) is 0 Å². The van der Waals surface area contributed by atoms with Crippen molar-refractivity contribution >= 4 is 26.6 Å². The molecule has 0 rings (SSSR count). The second-order valence-corrected chi connectivity index (χ2v) is 23.4. The molecule has 0 aliphatic carbocycles. The molecule has 116 valence electrons. The fraction of sp³-hybridized carbons (Fsp3) is 1.00. The van der Waals surface area contributed by atoms with Crippen LogP contribution in [0, 0.1) is 0 Å². The fourth-order valence-corrected chi connectivity index (χ4v) is 17.3. The van der Waals surface area contributed by atoms with Crippen molar-refractivity contribution in [1.29, 1.82) is 0 Å². The first-order valence-electron chi connectivity index (χ1n) is 9.35. The molecule has 0 radical (unpaired) electrons. The van der Waals surface area contributed by atoms with Crippen LogP contribution in [0.5, 0.6) is 0 Å². The first kappa shape index (κ1) is 19.7. The molecule has 0 N–H and O–H groups in total. The lowest BCUT2D eigenvalue weighted by atomic mass is 10.1. The third-order valence-electron chi connectivity index (χ3n) is 4.51. The fourth-order valence-electron chi connectivity index (χ4n) is 2.98. The summed E-state index contributed by atoms with van der Waals surface area (Å²) in [6.45, 7) is 4.63. The minimum Gasteiger partial charge on any atom is -0.0654 e. The maximum Gasteiger partial charge on any atom is 0.0207 e. The van der Waals surface area contributed by atoms with Crippen molar-refractivity contribution in [1.82, 2.24) is 0 Å². The first-order valence-corrected chi connectivity index (χ1v) is 19.9. The van der Waals surface area contributed by atoms with E-state index in [2.05, 4.69) is 13.8 Å². The Kier molecular flexibility index (Phi) is 17.3. The zero-order valence-corrected chi connectivity index (χ0v) is 18.8. The van der Waals surface area contributed by atoms with Gasteiger partial charge in [-0.3, -0.25) is 0 Å². The predicted octanol–water partition coefficient (Wildman–Crippen LogP) is 3.88. The van der Waals surface area contributed by atoms with Gasteiger partial charge in [0.1, 0.15) is 0 Å². The molecule has 0 saturated carbocycles. The average molecular weight is 317 g/mol. The first-order chi connectivity index (χ1) is 9.35. The van der Waals surface area contributed by atoms with Gasteiger partial charge >= 0.3 is 0 Å². The largest absolute Gasteiger partial charge is 0.0654 e. The maximum absolute atomic E-state index is 2.32. The lowest BCUT2D eigenvalue weighted by molar-refractivity contribution is 0.618. The number of rotatable bonds is 15. The maximum atomic E-state index is 2.32. The van der Waals surface area contributed by atoms with Crippen molar-refractivity contribution < 1.29 is 0 Å².